The first-order valence-electron chi connectivity index (χ1n) is 8.33. The number of ether oxygens (including phenoxy) is 1. The van der Waals surface area contributed by atoms with E-state index >= 15 is 0 Å². The van der Waals surface area contributed by atoms with Crippen LogP contribution in [-0.4, -0.2) is 36.4 Å². The van der Waals surface area contributed by atoms with E-state index in [4.69, 9.17) is 10.5 Å². The first-order chi connectivity index (χ1) is 11.6. The van der Waals surface area contributed by atoms with Crippen LogP contribution in [0.4, 0.5) is 0 Å². The third-order valence-corrected chi connectivity index (χ3v) is 4.49. The van der Waals surface area contributed by atoms with Crippen molar-refractivity contribution in [1.82, 2.24) is 4.90 Å². The zero-order chi connectivity index (χ0) is 16.9. The number of hydrogen-bond acceptors (Lipinski definition) is 3. The Hall–Kier alpha value is -2.56. The maximum atomic E-state index is 12.2. The molecule has 0 spiro atoms. The van der Waals surface area contributed by atoms with Gasteiger partial charge < -0.3 is 15.4 Å². The minimum Gasteiger partial charge on any atom is -0.493 e. The summed E-state index contributed by atoms with van der Waals surface area (Å²) in [4.78, 5) is 25.0. The predicted octanol–water partition coefficient (Wildman–Crippen LogP) is 2.33. The molecule has 0 unspecified atom stereocenters. The molecule has 0 radical (unpaired) electrons. The van der Waals surface area contributed by atoms with Gasteiger partial charge in [-0.05, 0) is 24.3 Å². The minimum absolute atomic E-state index is 0.0697. The summed E-state index contributed by atoms with van der Waals surface area (Å²) in [6, 6.07) is 14.0. The van der Waals surface area contributed by atoms with Crippen LogP contribution in [0.25, 0.3) is 10.8 Å². The quantitative estimate of drug-likeness (QED) is 0.828. The molecular weight excluding hydrogens is 304 g/mol. The van der Waals surface area contributed by atoms with E-state index < -0.39 is 0 Å². The molecule has 5 nitrogen and oxygen atoms in total. The van der Waals surface area contributed by atoms with Gasteiger partial charge in [-0.2, -0.15) is 0 Å². The number of hydrogen-bond donors (Lipinski definition) is 1. The van der Waals surface area contributed by atoms with Crippen molar-refractivity contribution in [2.45, 2.75) is 19.3 Å². The number of nitrogens with zero attached hydrogens (tertiary/aromatic N) is 1. The van der Waals surface area contributed by atoms with Gasteiger partial charge in [0.15, 0.2) is 0 Å². The van der Waals surface area contributed by atoms with Gasteiger partial charge in [-0.25, -0.2) is 0 Å². The molecule has 0 saturated carbocycles. The van der Waals surface area contributed by atoms with Gasteiger partial charge in [0.05, 0.1) is 12.5 Å². The summed E-state index contributed by atoms with van der Waals surface area (Å²) in [7, 11) is 0. The molecule has 2 amide bonds. The van der Waals surface area contributed by atoms with Gasteiger partial charge in [0, 0.05) is 24.9 Å². The average molecular weight is 326 g/mol. The maximum Gasteiger partial charge on any atom is 0.222 e. The molecule has 1 atom stereocenters. The number of nitrogens with two attached hydrogens (primary N) is 1. The number of primary amides is 1. The molecule has 0 bridgehead atoms. The van der Waals surface area contributed by atoms with Crippen molar-refractivity contribution in [3.05, 3.63) is 42.5 Å². The summed E-state index contributed by atoms with van der Waals surface area (Å²) in [6.45, 7) is 1.57. The lowest BCUT2D eigenvalue weighted by Gasteiger charge is -2.16. The van der Waals surface area contributed by atoms with E-state index in [-0.39, 0.29) is 17.7 Å². The van der Waals surface area contributed by atoms with Gasteiger partial charge in [0.1, 0.15) is 5.75 Å². The van der Waals surface area contributed by atoms with Crippen molar-refractivity contribution < 1.29 is 14.3 Å². The highest BCUT2D eigenvalue weighted by molar-refractivity contribution is 5.88. The smallest absolute Gasteiger partial charge is 0.222 e. The maximum absolute atomic E-state index is 12.2. The van der Waals surface area contributed by atoms with Crippen LogP contribution < -0.4 is 10.5 Å². The van der Waals surface area contributed by atoms with E-state index in [9.17, 15) is 9.59 Å². The number of likely N-dealkylation sites (tertiary alicyclic amines) is 1. The Morgan fingerprint density at radius 2 is 1.96 bits per heavy atom. The Morgan fingerprint density at radius 3 is 2.75 bits per heavy atom. The number of fused-ring (bicyclic) bond motifs is 1. The number of rotatable bonds is 6. The Bertz CT molecular complexity index is 739. The van der Waals surface area contributed by atoms with Gasteiger partial charge in [0.25, 0.3) is 0 Å². The summed E-state index contributed by atoms with van der Waals surface area (Å²) < 4.78 is 5.85. The van der Waals surface area contributed by atoms with Gasteiger partial charge >= 0.3 is 0 Å². The lowest BCUT2D eigenvalue weighted by Crippen LogP contribution is -2.31. The molecule has 1 aliphatic rings. The lowest BCUT2D eigenvalue weighted by molar-refractivity contribution is -0.130. The van der Waals surface area contributed by atoms with Crippen LogP contribution in [0.5, 0.6) is 5.75 Å². The fourth-order valence-corrected chi connectivity index (χ4v) is 3.10. The van der Waals surface area contributed by atoms with Crippen LogP contribution in [-0.2, 0) is 9.59 Å². The molecule has 24 heavy (non-hydrogen) atoms. The average Bonchev–Trinajstić information content (AvgIpc) is 3.09. The second-order valence-electron chi connectivity index (χ2n) is 6.16. The van der Waals surface area contributed by atoms with Crippen molar-refractivity contribution in [3.63, 3.8) is 0 Å². The van der Waals surface area contributed by atoms with Gasteiger partial charge in [-0.1, -0.05) is 36.4 Å². The van der Waals surface area contributed by atoms with E-state index in [1.165, 1.54) is 0 Å². The Labute approximate surface area is 141 Å². The predicted molar refractivity (Wildman–Crippen MR) is 92.6 cm³/mol. The monoisotopic (exact) mass is 326 g/mol. The van der Waals surface area contributed by atoms with Gasteiger partial charge in [0.2, 0.25) is 11.8 Å². The van der Waals surface area contributed by atoms with E-state index in [2.05, 4.69) is 0 Å². The molecule has 126 valence electrons. The molecule has 5 heteroatoms. The zero-order valence-corrected chi connectivity index (χ0v) is 13.6. The van der Waals surface area contributed by atoms with E-state index in [1.54, 1.807) is 4.90 Å². The second-order valence-corrected chi connectivity index (χ2v) is 6.16. The summed E-state index contributed by atoms with van der Waals surface area (Å²) in [5.74, 6) is 0.404. The van der Waals surface area contributed by atoms with Crippen molar-refractivity contribution in [3.8, 4) is 5.75 Å². The van der Waals surface area contributed by atoms with Crippen LogP contribution in [0.1, 0.15) is 19.3 Å². The SMILES string of the molecule is NC(=O)[C@H]1CCN(C(=O)CCCOc2cccc3ccccc23)C1. The molecular formula is C19H22N2O3. The first-order valence-corrected chi connectivity index (χ1v) is 8.33. The molecule has 2 aromatic carbocycles. The number of carbonyl (C=O) groups excluding carboxylic acids is 2. The molecule has 1 aliphatic heterocycles. The fourth-order valence-electron chi connectivity index (χ4n) is 3.10. The highest BCUT2D eigenvalue weighted by atomic mass is 16.5. The molecule has 2 aromatic rings. The molecule has 1 heterocycles. The lowest BCUT2D eigenvalue weighted by atomic mass is 10.1. The van der Waals surface area contributed by atoms with Crippen molar-refractivity contribution >= 4 is 22.6 Å². The van der Waals surface area contributed by atoms with Crippen LogP contribution in [0, 0.1) is 5.92 Å². The third kappa shape index (κ3) is 3.67. The normalized spacial score (nSPS) is 17.2. The van der Waals surface area contributed by atoms with Crippen LogP contribution >= 0.6 is 0 Å². The van der Waals surface area contributed by atoms with Crippen molar-refractivity contribution in [1.29, 1.82) is 0 Å². The molecule has 3 rings (SSSR count). The summed E-state index contributed by atoms with van der Waals surface area (Å²) in [5.41, 5.74) is 5.29. The van der Waals surface area contributed by atoms with E-state index in [0.29, 0.717) is 39.0 Å². The Balaban J connectivity index is 1.47. The topological polar surface area (TPSA) is 72.6 Å². The highest BCUT2D eigenvalue weighted by Crippen LogP contribution is 2.25. The largest absolute Gasteiger partial charge is 0.493 e. The van der Waals surface area contributed by atoms with E-state index in [1.807, 2.05) is 42.5 Å². The molecule has 2 N–H and O–H groups in total. The summed E-state index contributed by atoms with van der Waals surface area (Å²) in [5, 5.41) is 2.22. The number of amides is 2. The molecule has 1 saturated heterocycles. The van der Waals surface area contributed by atoms with Crippen LogP contribution in [0.2, 0.25) is 0 Å². The summed E-state index contributed by atoms with van der Waals surface area (Å²) >= 11 is 0. The van der Waals surface area contributed by atoms with Crippen LogP contribution in [0.3, 0.4) is 0 Å². The molecule has 1 fully saturated rings. The van der Waals surface area contributed by atoms with Crippen molar-refractivity contribution in [2.75, 3.05) is 19.7 Å². The van der Waals surface area contributed by atoms with Gasteiger partial charge in [-0.3, -0.25) is 9.59 Å². The van der Waals surface area contributed by atoms with E-state index in [0.717, 1.165) is 16.5 Å². The first kappa shape index (κ1) is 16.3. The number of benzene rings is 2. The second kappa shape index (κ2) is 7.34. The molecule has 0 aliphatic carbocycles. The minimum atomic E-state index is -0.315. The van der Waals surface area contributed by atoms with Gasteiger partial charge in [-0.15, -0.1) is 0 Å². The Kier molecular flexibility index (Phi) is 4.99. The Morgan fingerprint density at radius 1 is 1.17 bits per heavy atom. The standard InChI is InChI=1S/C19H22N2O3/c20-19(23)15-10-11-21(13-15)18(22)9-4-12-24-17-8-3-6-14-5-1-2-7-16(14)17/h1-3,5-8,15H,4,9-13H2,(H2,20,23)/t15-/m0/s1. The van der Waals surface area contributed by atoms with Crippen LogP contribution in [0.15, 0.2) is 42.5 Å². The van der Waals surface area contributed by atoms with Crippen molar-refractivity contribution in [2.24, 2.45) is 11.7 Å². The number of carbonyl (C=O) groups is 2. The highest BCUT2D eigenvalue weighted by Gasteiger charge is 2.29. The fraction of sp³-hybridized carbons (Fsp3) is 0.368. The summed E-state index contributed by atoms with van der Waals surface area (Å²) in [6.07, 6.45) is 1.75. The molecule has 0 aromatic heterocycles. The third-order valence-electron chi connectivity index (χ3n) is 4.49. The zero-order valence-electron chi connectivity index (χ0n) is 13.6.